The Labute approximate surface area is 312 Å². The summed E-state index contributed by atoms with van der Waals surface area (Å²) in [5.74, 6) is -44.2. The molecule has 0 fully saturated rings. The summed E-state index contributed by atoms with van der Waals surface area (Å²) in [4.78, 5) is 25.5. The molecule has 0 amide bonds. The first kappa shape index (κ1) is 37.7. The first-order valence-electron chi connectivity index (χ1n) is 14.7. The smallest absolute Gasteiger partial charge is 0.198 e. The van der Waals surface area contributed by atoms with E-state index in [-0.39, 0.29) is 19.5 Å². The summed E-state index contributed by atoms with van der Waals surface area (Å²) in [5, 5.41) is -5.83. The molecular formula is C32H2F16N8Zn. The first-order valence-corrected chi connectivity index (χ1v) is 14.7. The Morgan fingerprint density at radius 2 is 0.404 bits per heavy atom. The van der Waals surface area contributed by atoms with Crippen LogP contribution in [-0.4, -0.2) is 39.9 Å². The number of nitrogens with one attached hydrogen (secondary N) is 2. The van der Waals surface area contributed by atoms with Crippen molar-refractivity contribution in [2.24, 2.45) is 0 Å². The van der Waals surface area contributed by atoms with E-state index in [1.165, 1.54) is 0 Å². The molecule has 7 aromatic rings. The number of nitrogens with zero attached hydrogens (tertiary/aromatic N) is 6. The number of hydrogen-bond acceptors (Lipinski definition) is 6. The molecule has 3 aromatic heterocycles. The average Bonchev–Trinajstić information content (AvgIpc) is 3.92. The van der Waals surface area contributed by atoms with Gasteiger partial charge in [0.15, 0.2) is 116 Å². The van der Waals surface area contributed by atoms with Crippen LogP contribution in [-0.2, 0) is 19.5 Å². The summed E-state index contributed by atoms with van der Waals surface area (Å²) < 4.78 is 240. The van der Waals surface area contributed by atoms with Gasteiger partial charge < -0.3 is 9.97 Å². The molecule has 8 bridgehead atoms. The fourth-order valence-corrected chi connectivity index (χ4v) is 6.24. The number of H-pyrrole nitrogens is 2. The Bertz CT molecular complexity index is 2820. The first-order chi connectivity index (χ1) is 26.4. The molecule has 9 rings (SSSR count). The summed E-state index contributed by atoms with van der Waals surface area (Å²) in [6.07, 6.45) is 0. The van der Waals surface area contributed by atoms with Gasteiger partial charge in [0, 0.05) is 19.5 Å². The predicted molar refractivity (Wildman–Crippen MR) is 155 cm³/mol. The second kappa shape index (κ2) is 12.4. The van der Waals surface area contributed by atoms with Gasteiger partial charge in [-0.05, 0) is 0 Å². The van der Waals surface area contributed by atoms with Crippen LogP contribution in [0.3, 0.4) is 0 Å². The van der Waals surface area contributed by atoms with Gasteiger partial charge in [0.1, 0.15) is 22.6 Å². The van der Waals surface area contributed by atoms with Gasteiger partial charge in [-0.15, -0.1) is 0 Å². The molecule has 2 aliphatic heterocycles. The standard InChI is InChI=1S/C32H2F16N8.Zn/c33-9-1-2(10(34)18(42)17(9)41)26-49-25(1)53-27-3-4(12(36)20(44)19(43)11(3)35)29(50-27)55-31-7-8(16(40)24(48)23(47)15(7)39)32(52-31)56-30-6-5(28(51-30)54-26)13(37)21(45)22(46)14(6)38;/h(H2,49,50,51,52,53,54,55,56);. The minimum Gasteiger partial charge on any atom is -0.324 e. The van der Waals surface area contributed by atoms with E-state index >= 15 is 35.1 Å². The molecule has 2 N–H and O–H groups in total. The van der Waals surface area contributed by atoms with Crippen molar-refractivity contribution in [2.75, 3.05) is 0 Å². The van der Waals surface area contributed by atoms with Crippen molar-refractivity contribution in [1.29, 1.82) is 0 Å². The van der Waals surface area contributed by atoms with Crippen molar-refractivity contribution >= 4 is 44.1 Å². The number of hydrogen-bond donors (Lipinski definition) is 2. The molecule has 0 unspecified atom stereocenters. The van der Waals surface area contributed by atoms with Gasteiger partial charge in [0.05, 0.1) is 43.8 Å². The summed E-state index contributed by atoms with van der Waals surface area (Å²) in [5.41, 5.74) is -11.1. The molecule has 4 aromatic carbocycles. The zero-order valence-electron chi connectivity index (χ0n) is 26.4. The third-order valence-corrected chi connectivity index (χ3v) is 8.68. The van der Waals surface area contributed by atoms with Crippen molar-refractivity contribution in [3.8, 4) is 45.6 Å². The van der Waals surface area contributed by atoms with Crippen LogP contribution in [0.5, 0.6) is 0 Å². The quantitative estimate of drug-likeness (QED) is 0.0682. The minimum atomic E-state index is -2.53. The summed E-state index contributed by atoms with van der Waals surface area (Å²) in [6, 6.07) is 0. The predicted octanol–water partition coefficient (Wildman–Crippen LogP) is 9.09. The molecule has 5 heterocycles. The molecule has 0 radical (unpaired) electrons. The zero-order chi connectivity index (χ0) is 40.1. The van der Waals surface area contributed by atoms with Crippen LogP contribution in [0.15, 0.2) is 0 Å². The number of fused-ring (bicyclic) bond motifs is 20. The van der Waals surface area contributed by atoms with Gasteiger partial charge >= 0.3 is 0 Å². The summed E-state index contributed by atoms with van der Waals surface area (Å²) in [6.45, 7) is 0. The monoisotopic (exact) mass is 866 g/mol. The fraction of sp³-hybridized carbons (Fsp3) is 0. The van der Waals surface area contributed by atoms with Crippen molar-refractivity contribution in [2.45, 2.75) is 0 Å². The molecule has 2 aliphatic rings. The normalized spacial score (nSPS) is 12.1. The van der Waals surface area contributed by atoms with E-state index in [2.05, 4.69) is 29.9 Å². The van der Waals surface area contributed by atoms with E-state index in [1.807, 2.05) is 9.97 Å². The SMILES string of the molecule is Fc1c(F)c(F)c2c(c1F)-c1nc-2nc2[nH]c(nc3nc(nc4[nH]c(n1)c1c(F)c(F)c(F)c(F)c41)-c1c(F)c(F)c(F)c(F)c1-3)c1c(F)c(F)c(F)c(F)c21.[Zn]. The topological polar surface area (TPSA) is 109 Å². The third-order valence-electron chi connectivity index (χ3n) is 8.68. The third kappa shape index (κ3) is 4.80. The maximum atomic E-state index is 15.4. The molecule has 8 nitrogen and oxygen atoms in total. The average molecular weight is 868 g/mol. The Balaban J connectivity index is 0.00000455. The van der Waals surface area contributed by atoms with Gasteiger partial charge in [0.2, 0.25) is 0 Å². The number of rotatable bonds is 0. The minimum absolute atomic E-state index is 0. The largest absolute Gasteiger partial charge is 0.324 e. The zero-order valence-corrected chi connectivity index (χ0v) is 29.4. The van der Waals surface area contributed by atoms with E-state index < -0.39 is 183 Å². The van der Waals surface area contributed by atoms with Crippen LogP contribution in [0.4, 0.5) is 70.2 Å². The molecule has 57 heavy (non-hydrogen) atoms. The van der Waals surface area contributed by atoms with Gasteiger partial charge in [-0.2, -0.15) is 0 Å². The van der Waals surface area contributed by atoms with E-state index in [0.717, 1.165) is 0 Å². The molecular weight excluding hydrogens is 866 g/mol. The van der Waals surface area contributed by atoms with Gasteiger partial charge in [-0.3, -0.25) is 0 Å². The van der Waals surface area contributed by atoms with Crippen molar-refractivity contribution in [1.82, 2.24) is 39.9 Å². The number of halogens is 16. The van der Waals surface area contributed by atoms with E-state index in [0.29, 0.717) is 0 Å². The van der Waals surface area contributed by atoms with Crippen molar-refractivity contribution in [3.05, 3.63) is 93.1 Å². The second-order valence-electron chi connectivity index (χ2n) is 11.6. The van der Waals surface area contributed by atoms with Crippen molar-refractivity contribution < 1.29 is 89.7 Å². The van der Waals surface area contributed by atoms with Crippen LogP contribution in [0, 0.1) is 93.1 Å². The summed E-state index contributed by atoms with van der Waals surface area (Å²) >= 11 is 0. The Morgan fingerprint density at radius 3 is 0.596 bits per heavy atom. The second-order valence-corrected chi connectivity index (χ2v) is 11.6. The molecule has 0 atom stereocenters. The molecule has 25 heteroatoms. The number of aromatic nitrogens is 8. The van der Waals surface area contributed by atoms with Crippen LogP contribution in [0.1, 0.15) is 0 Å². The van der Waals surface area contributed by atoms with Gasteiger partial charge in [-0.1, -0.05) is 0 Å². The van der Waals surface area contributed by atoms with Crippen LogP contribution in [0.2, 0.25) is 0 Å². The number of benzene rings is 4. The molecule has 0 saturated carbocycles. The Kier molecular flexibility index (Phi) is 8.17. The molecule has 284 valence electrons. The van der Waals surface area contributed by atoms with Crippen LogP contribution in [0.25, 0.3) is 89.7 Å². The fourth-order valence-electron chi connectivity index (χ4n) is 6.24. The molecule has 0 saturated heterocycles. The Hall–Kier alpha value is -6.26. The van der Waals surface area contributed by atoms with Crippen LogP contribution >= 0.6 is 0 Å². The molecule has 0 aliphatic carbocycles. The maximum absolute atomic E-state index is 15.4. The Morgan fingerprint density at radius 1 is 0.228 bits per heavy atom. The van der Waals surface area contributed by atoms with E-state index in [9.17, 15) is 35.1 Å². The molecule has 0 spiro atoms. The number of aromatic amines is 2. The summed E-state index contributed by atoms with van der Waals surface area (Å²) in [7, 11) is 0. The van der Waals surface area contributed by atoms with Crippen molar-refractivity contribution in [3.63, 3.8) is 0 Å². The van der Waals surface area contributed by atoms with Gasteiger partial charge in [-0.25, -0.2) is 100 Å². The van der Waals surface area contributed by atoms with Crippen LogP contribution < -0.4 is 0 Å². The maximum Gasteiger partial charge on any atom is 0.198 e. The van der Waals surface area contributed by atoms with E-state index in [4.69, 9.17) is 0 Å². The van der Waals surface area contributed by atoms with Gasteiger partial charge in [0.25, 0.3) is 0 Å². The van der Waals surface area contributed by atoms with E-state index in [1.54, 1.807) is 0 Å².